The van der Waals surface area contributed by atoms with Crippen molar-refractivity contribution >= 4 is 17.7 Å². The molecule has 0 heterocycles. The van der Waals surface area contributed by atoms with Crippen LogP contribution in [0.25, 0.3) is 0 Å². The SMILES string of the molecule is C=C(C(=O)[O-])C(CC(=O)c1ccccc1)(C(=O)[O-])c1ccc(C)cc1. The van der Waals surface area contributed by atoms with E-state index in [1.54, 1.807) is 37.3 Å². The van der Waals surface area contributed by atoms with Gasteiger partial charge in [-0.15, -0.1) is 0 Å². The lowest BCUT2D eigenvalue weighted by Gasteiger charge is -2.37. The van der Waals surface area contributed by atoms with Crippen LogP contribution in [0.5, 0.6) is 0 Å². The highest BCUT2D eigenvalue weighted by molar-refractivity contribution is 6.05. The summed E-state index contributed by atoms with van der Waals surface area (Å²) in [6.07, 6.45) is -0.630. The molecule has 2 rings (SSSR count). The number of rotatable bonds is 7. The molecular formula is C20H16O5-2. The average Bonchev–Trinajstić information content (AvgIpc) is 2.60. The molecular weight excluding hydrogens is 320 g/mol. The Bertz CT molecular complexity index is 821. The summed E-state index contributed by atoms with van der Waals surface area (Å²) in [5.74, 6) is -3.99. The predicted molar refractivity (Wildman–Crippen MR) is 87.4 cm³/mol. The molecule has 1 atom stereocenters. The van der Waals surface area contributed by atoms with Crippen molar-refractivity contribution in [2.24, 2.45) is 0 Å². The van der Waals surface area contributed by atoms with Gasteiger partial charge in [0.15, 0.2) is 5.78 Å². The van der Waals surface area contributed by atoms with E-state index >= 15 is 0 Å². The van der Waals surface area contributed by atoms with E-state index in [4.69, 9.17) is 0 Å². The smallest absolute Gasteiger partial charge is 0.164 e. The largest absolute Gasteiger partial charge is 0.549 e. The molecule has 5 heteroatoms. The number of carbonyl (C=O) groups is 3. The van der Waals surface area contributed by atoms with Crippen molar-refractivity contribution in [1.82, 2.24) is 0 Å². The van der Waals surface area contributed by atoms with E-state index in [1.165, 1.54) is 24.3 Å². The number of aliphatic carboxylic acids is 2. The molecule has 0 N–H and O–H groups in total. The minimum Gasteiger partial charge on any atom is -0.549 e. The highest BCUT2D eigenvalue weighted by Crippen LogP contribution is 2.36. The maximum atomic E-state index is 12.6. The zero-order valence-electron chi connectivity index (χ0n) is 13.7. The van der Waals surface area contributed by atoms with Gasteiger partial charge in [-0.1, -0.05) is 66.7 Å². The van der Waals surface area contributed by atoms with Crippen LogP contribution in [-0.2, 0) is 15.0 Å². The molecule has 25 heavy (non-hydrogen) atoms. The van der Waals surface area contributed by atoms with Crippen LogP contribution < -0.4 is 10.2 Å². The first-order valence-corrected chi connectivity index (χ1v) is 7.56. The summed E-state index contributed by atoms with van der Waals surface area (Å²) in [4.78, 5) is 36.0. The number of carboxylic acid groups (broad SMARTS) is 2. The molecule has 0 radical (unpaired) electrons. The fraction of sp³-hybridized carbons (Fsp3) is 0.150. The van der Waals surface area contributed by atoms with Crippen molar-refractivity contribution in [3.63, 3.8) is 0 Å². The molecule has 0 amide bonds. The van der Waals surface area contributed by atoms with Crippen molar-refractivity contribution in [3.05, 3.63) is 83.4 Å². The molecule has 5 nitrogen and oxygen atoms in total. The predicted octanol–water partition coefficient (Wildman–Crippen LogP) is 0.562. The standard InChI is InChI=1S/C20H18O5/c1-13-8-10-16(11-9-13)20(19(24)25,14(2)18(22)23)12-17(21)15-6-4-3-5-7-15/h3-11H,2,12H2,1H3,(H,22,23)(H,24,25)/p-2. The van der Waals surface area contributed by atoms with Gasteiger partial charge in [0.2, 0.25) is 0 Å². The Balaban J connectivity index is 2.60. The van der Waals surface area contributed by atoms with Crippen molar-refractivity contribution in [2.75, 3.05) is 0 Å². The van der Waals surface area contributed by atoms with E-state index in [9.17, 15) is 24.6 Å². The van der Waals surface area contributed by atoms with Crippen LogP contribution in [0.1, 0.15) is 27.9 Å². The molecule has 0 saturated carbocycles. The highest BCUT2D eigenvalue weighted by Gasteiger charge is 2.40. The lowest BCUT2D eigenvalue weighted by Crippen LogP contribution is -2.52. The summed E-state index contributed by atoms with van der Waals surface area (Å²) in [5, 5.41) is 23.4. The molecule has 2 aromatic rings. The van der Waals surface area contributed by atoms with E-state index in [1.807, 2.05) is 0 Å². The Morgan fingerprint density at radius 3 is 2.00 bits per heavy atom. The van der Waals surface area contributed by atoms with Gasteiger partial charge in [0, 0.05) is 12.0 Å². The van der Waals surface area contributed by atoms with Crippen molar-refractivity contribution < 1.29 is 24.6 Å². The normalized spacial score (nSPS) is 12.8. The Morgan fingerprint density at radius 2 is 1.52 bits per heavy atom. The first-order chi connectivity index (χ1) is 11.8. The number of Topliss-reactive ketones (excluding diaryl/α,β-unsaturated/α-hetero) is 1. The van der Waals surface area contributed by atoms with Crippen LogP contribution in [0.3, 0.4) is 0 Å². The average molecular weight is 336 g/mol. The quantitative estimate of drug-likeness (QED) is 0.544. The van der Waals surface area contributed by atoms with Gasteiger partial charge in [0.05, 0.1) is 17.4 Å². The highest BCUT2D eigenvalue weighted by atomic mass is 16.4. The minimum absolute atomic E-state index is 0.108. The van der Waals surface area contributed by atoms with Gasteiger partial charge in [-0.05, 0) is 18.1 Å². The first kappa shape index (κ1) is 18.1. The van der Waals surface area contributed by atoms with Crippen LogP contribution in [0.15, 0.2) is 66.7 Å². The third kappa shape index (κ3) is 3.50. The van der Waals surface area contributed by atoms with Gasteiger partial charge in [0.25, 0.3) is 0 Å². The van der Waals surface area contributed by atoms with Gasteiger partial charge < -0.3 is 19.8 Å². The Labute approximate surface area is 145 Å². The van der Waals surface area contributed by atoms with Crippen molar-refractivity contribution in [3.8, 4) is 0 Å². The van der Waals surface area contributed by atoms with E-state index in [-0.39, 0.29) is 11.1 Å². The van der Waals surface area contributed by atoms with Gasteiger partial charge >= 0.3 is 0 Å². The maximum Gasteiger partial charge on any atom is 0.164 e. The van der Waals surface area contributed by atoms with E-state index in [2.05, 4.69) is 6.58 Å². The molecule has 1 unspecified atom stereocenters. The second kappa shape index (κ2) is 7.13. The van der Waals surface area contributed by atoms with E-state index in [0.29, 0.717) is 0 Å². The van der Waals surface area contributed by atoms with Gasteiger partial charge in [-0.3, -0.25) is 4.79 Å². The minimum atomic E-state index is -2.21. The first-order valence-electron chi connectivity index (χ1n) is 7.56. The Morgan fingerprint density at radius 1 is 0.960 bits per heavy atom. The molecule has 0 bridgehead atoms. The topological polar surface area (TPSA) is 97.3 Å². The van der Waals surface area contributed by atoms with Gasteiger partial charge in [-0.25, -0.2) is 0 Å². The van der Waals surface area contributed by atoms with Crippen LogP contribution in [-0.4, -0.2) is 17.7 Å². The summed E-state index contributed by atoms with van der Waals surface area (Å²) >= 11 is 0. The summed E-state index contributed by atoms with van der Waals surface area (Å²) in [6.45, 7) is 5.16. The monoisotopic (exact) mass is 336 g/mol. The molecule has 0 aliphatic heterocycles. The van der Waals surface area contributed by atoms with Crippen LogP contribution in [0.2, 0.25) is 0 Å². The number of ketones is 1. The summed E-state index contributed by atoms with van der Waals surface area (Å²) in [7, 11) is 0. The third-order valence-electron chi connectivity index (χ3n) is 4.18. The number of hydrogen-bond donors (Lipinski definition) is 0. The molecule has 0 aliphatic carbocycles. The van der Waals surface area contributed by atoms with Crippen molar-refractivity contribution in [2.45, 2.75) is 18.8 Å². The van der Waals surface area contributed by atoms with Crippen LogP contribution in [0, 0.1) is 6.92 Å². The Kier molecular flexibility index (Phi) is 5.17. The molecule has 0 saturated heterocycles. The molecule has 0 spiro atoms. The molecule has 0 fully saturated rings. The summed E-state index contributed by atoms with van der Waals surface area (Å²) < 4.78 is 0. The zero-order chi connectivity index (χ0) is 18.6. The number of hydrogen-bond acceptors (Lipinski definition) is 5. The van der Waals surface area contributed by atoms with Crippen LogP contribution >= 0.6 is 0 Å². The van der Waals surface area contributed by atoms with Gasteiger partial charge in [-0.2, -0.15) is 0 Å². The molecule has 0 aromatic heterocycles. The maximum absolute atomic E-state index is 12.6. The van der Waals surface area contributed by atoms with Gasteiger partial charge in [0.1, 0.15) is 0 Å². The lowest BCUT2D eigenvalue weighted by molar-refractivity contribution is -0.317. The van der Waals surface area contributed by atoms with E-state index < -0.39 is 35.1 Å². The number of benzene rings is 2. The van der Waals surface area contributed by atoms with E-state index in [0.717, 1.165) is 5.56 Å². The second-order valence-corrected chi connectivity index (χ2v) is 5.79. The second-order valence-electron chi connectivity index (χ2n) is 5.79. The van der Waals surface area contributed by atoms with Crippen LogP contribution in [0.4, 0.5) is 0 Å². The summed E-state index contributed by atoms with van der Waals surface area (Å²) in [5.41, 5.74) is -1.70. The fourth-order valence-electron chi connectivity index (χ4n) is 2.68. The zero-order valence-corrected chi connectivity index (χ0v) is 13.7. The number of carboxylic acids is 2. The van der Waals surface area contributed by atoms with Crippen molar-refractivity contribution in [1.29, 1.82) is 0 Å². The molecule has 0 aliphatic rings. The summed E-state index contributed by atoms with van der Waals surface area (Å²) in [6, 6.07) is 14.2. The third-order valence-corrected chi connectivity index (χ3v) is 4.18. The number of aryl methyl sites for hydroxylation is 1. The molecule has 128 valence electrons. The molecule has 2 aromatic carbocycles. The fourth-order valence-corrected chi connectivity index (χ4v) is 2.68. The Hall–Kier alpha value is -3.21. The number of carbonyl (C=O) groups excluding carboxylic acids is 3. The lowest BCUT2D eigenvalue weighted by atomic mass is 9.70.